The fourth-order valence-corrected chi connectivity index (χ4v) is 0.938. The van der Waals surface area contributed by atoms with Gasteiger partial charge in [-0.2, -0.15) is 4.91 Å². The Labute approximate surface area is 62.3 Å². The zero-order chi connectivity index (χ0) is 7.82. The average molecular weight is 141 g/mol. The van der Waals surface area contributed by atoms with E-state index in [9.17, 15) is 4.91 Å². The van der Waals surface area contributed by atoms with Crippen molar-refractivity contribution in [3.05, 3.63) is 16.6 Å². The number of rotatable bonds is 5. The highest BCUT2D eigenvalue weighted by Crippen LogP contribution is 2.05. The summed E-state index contributed by atoms with van der Waals surface area (Å²) in [6, 6.07) is 0. The predicted molar refractivity (Wildman–Crippen MR) is 43.9 cm³/mol. The van der Waals surface area contributed by atoms with E-state index in [2.05, 4.69) is 25.1 Å². The van der Waals surface area contributed by atoms with Gasteiger partial charge in [-0.05, 0) is 18.4 Å². The van der Waals surface area contributed by atoms with Crippen LogP contribution in [0, 0.1) is 4.91 Å². The standard InChI is InChI=1S/C8H15NO/c1-3-5-8(6-4-2)7-9-10/h5H,3-4,6-7H2,1-2H3/b8-5+. The van der Waals surface area contributed by atoms with Crippen LogP contribution in [0.1, 0.15) is 33.1 Å². The highest BCUT2D eigenvalue weighted by molar-refractivity contribution is 5.03. The molecule has 58 valence electrons. The summed E-state index contributed by atoms with van der Waals surface area (Å²) in [5.74, 6) is 0. The molecule has 0 spiro atoms. The minimum absolute atomic E-state index is 0.377. The number of hydrogen-bond acceptors (Lipinski definition) is 2. The molecule has 10 heavy (non-hydrogen) atoms. The molecule has 0 saturated carbocycles. The van der Waals surface area contributed by atoms with Crippen molar-refractivity contribution in [2.24, 2.45) is 5.18 Å². The lowest BCUT2D eigenvalue weighted by molar-refractivity contribution is 0.863. The van der Waals surface area contributed by atoms with Gasteiger partial charge < -0.3 is 0 Å². The van der Waals surface area contributed by atoms with Gasteiger partial charge in [-0.25, -0.2) is 0 Å². The van der Waals surface area contributed by atoms with Crippen LogP contribution in [0.15, 0.2) is 16.8 Å². The van der Waals surface area contributed by atoms with E-state index in [1.165, 1.54) is 5.57 Å². The summed E-state index contributed by atoms with van der Waals surface area (Å²) in [5.41, 5.74) is 1.18. The van der Waals surface area contributed by atoms with Gasteiger partial charge in [-0.1, -0.05) is 31.5 Å². The van der Waals surface area contributed by atoms with Gasteiger partial charge in [0.2, 0.25) is 0 Å². The van der Waals surface area contributed by atoms with Gasteiger partial charge in [0.05, 0.1) is 0 Å². The Kier molecular flexibility index (Phi) is 6.03. The number of allylic oxidation sites excluding steroid dienone is 1. The van der Waals surface area contributed by atoms with Gasteiger partial charge in [-0.3, -0.25) is 0 Å². The minimum Gasteiger partial charge on any atom is -0.150 e. The minimum atomic E-state index is 0.377. The molecule has 0 heterocycles. The van der Waals surface area contributed by atoms with E-state index in [0.717, 1.165) is 19.3 Å². The second-order valence-electron chi connectivity index (χ2n) is 2.31. The SMILES string of the molecule is CC/C=C(\CCC)CN=O. The molecular formula is C8H15NO. The van der Waals surface area contributed by atoms with Gasteiger partial charge in [0.25, 0.3) is 0 Å². The molecule has 2 nitrogen and oxygen atoms in total. The smallest absolute Gasteiger partial charge is 0.102 e. The van der Waals surface area contributed by atoms with Crippen molar-refractivity contribution >= 4 is 0 Å². The summed E-state index contributed by atoms with van der Waals surface area (Å²) in [6.45, 7) is 4.55. The highest BCUT2D eigenvalue weighted by Gasteiger charge is 1.93. The third kappa shape index (κ3) is 4.24. The van der Waals surface area contributed by atoms with Crippen molar-refractivity contribution in [1.29, 1.82) is 0 Å². The normalized spacial score (nSPS) is 11.6. The molecule has 2 heteroatoms. The molecule has 0 fully saturated rings. The first-order valence-corrected chi connectivity index (χ1v) is 3.82. The molecule has 0 unspecified atom stereocenters. The Morgan fingerprint density at radius 1 is 1.50 bits per heavy atom. The van der Waals surface area contributed by atoms with E-state index in [-0.39, 0.29) is 0 Å². The summed E-state index contributed by atoms with van der Waals surface area (Å²) in [4.78, 5) is 9.87. The second-order valence-corrected chi connectivity index (χ2v) is 2.31. The lowest BCUT2D eigenvalue weighted by atomic mass is 10.1. The van der Waals surface area contributed by atoms with E-state index in [4.69, 9.17) is 0 Å². The molecule has 0 amide bonds. The van der Waals surface area contributed by atoms with Crippen LogP contribution in [0.4, 0.5) is 0 Å². The Hall–Kier alpha value is -0.660. The fourth-order valence-electron chi connectivity index (χ4n) is 0.938. The molecule has 0 aliphatic heterocycles. The van der Waals surface area contributed by atoms with Crippen molar-refractivity contribution in [3.8, 4) is 0 Å². The number of nitrogens with zero attached hydrogens (tertiary/aromatic N) is 1. The van der Waals surface area contributed by atoms with Crippen LogP contribution in [-0.2, 0) is 0 Å². The molecule has 0 aromatic rings. The molecule has 0 aromatic heterocycles. The summed E-state index contributed by atoms with van der Waals surface area (Å²) in [6.07, 6.45) is 5.21. The van der Waals surface area contributed by atoms with Crippen molar-refractivity contribution in [1.82, 2.24) is 0 Å². The molecule has 0 aliphatic carbocycles. The van der Waals surface area contributed by atoms with Crippen LogP contribution in [0.3, 0.4) is 0 Å². The van der Waals surface area contributed by atoms with Crippen LogP contribution in [0.5, 0.6) is 0 Å². The number of nitroso groups, excluding NO2 is 1. The van der Waals surface area contributed by atoms with Crippen molar-refractivity contribution in [3.63, 3.8) is 0 Å². The van der Waals surface area contributed by atoms with Gasteiger partial charge in [0.15, 0.2) is 0 Å². The Morgan fingerprint density at radius 3 is 2.60 bits per heavy atom. The third-order valence-corrected chi connectivity index (χ3v) is 1.33. The zero-order valence-corrected chi connectivity index (χ0v) is 6.76. The largest absolute Gasteiger partial charge is 0.150 e. The maximum atomic E-state index is 9.87. The Bertz CT molecular complexity index is 118. The van der Waals surface area contributed by atoms with E-state index >= 15 is 0 Å². The summed E-state index contributed by atoms with van der Waals surface area (Å²) >= 11 is 0. The fraction of sp³-hybridized carbons (Fsp3) is 0.750. The molecule has 0 aliphatic rings. The molecule has 0 bridgehead atoms. The van der Waals surface area contributed by atoms with Crippen LogP contribution >= 0.6 is 0 Å². The van der Waals surface area contributed by atoms with Crippen LogP contribution in [-0.4, -0.2) is 6.54 Å². The quantitative estimate of drug-likeness (QED) is 0.427. The molecule has 0 rings (SSSR count). The topological polar surface area (TPSA) is 29.4 Å². The van der Waals surface area contributed by atoms with E-state index in [0.29, 0.717) is 6.54 Å². The molecule has 0 saturated heterocycles. The Morgan fingerprint density at radius 2 is 2.20 bits per heavy atom. The first-order valence-electron chi connectivity index (χ1n) is 3.82. The van der Waals surface area contributed by atoms with Gasteiger partial charge in [-0.15, -0.1) is 0 Å². The summed E-state index contributed by atoms with van der Waals surface area (Å²) < 4.78 is 0. The van der Waals surface area contributed by atoms with E-state index in [1.807, 2.05) is 0 Å². The first kappa shape index (κ1) is 9.34. The van der Waals surface area contributed by atoms with Crippen LogP contribution < -0.4 is 0 Å². The lowest BCUT2D eigenvalue weighted by Gasteiger charge is -1.97. The highest BCUT2D eigenvalue weighted by atomic mass is 16.3. The summed E-state index contributed by atoms with van der Waals surface area (Å²) in [7, 11) is 0. The van der Waals surface area contributed by atoms with E-state index < -0.39 is 0 Å². The zero-order valence-electron chi connectivity index (χ0n) is 6.76. The van der Waals surface area contributed by atoms with Crippen LogP contribution in [0.25, 0.3) is 0 Å². The molecule has 0 radical (unpaired) electrons. The maximum Gasteiger partial charge on any atom is 0.102 e. The monoisotopic (exact) mass is 141 g/mol. The second kappa shape index (κ2) is 6.46. The number of hydrogen-bond donors (Lipinski definition) is 0. The molecule has 0 aromatic carbocycles. The summed E-state index contributed by atoms with van der Waals surface area (Å²) in [5, 5.41) is 2.85. The van der Waals surface area contributed by atoms with Gasteiger partial charge >= 0.3 is 0 Å². The van der Waals surface area contributed by atoms with Gasteiger partial charge in [0.1, 0.15) is 6.54 Å². The lowest BCUT2D eigenvalue weighted by Crippen LogP contribution is -1.86. The van der Waals surface area contributed by atoms with Crippen molar-refractivity contribution in [2.45, 2.75) is 33.1 Å². The average Bonchev–Trinajstić information content (AvgIpc) is 1.90. The van der Waals surface area contributed by atoms with Crippen molar-refractivity contribution < 1.29 is 0 Å². The molecular weight excluding hydrogens is 126 g/mol. The molecule has 0 atom stereocenters. The van der Waals surface area contributed by atoms with Crippen molar-refractivity contribution in [2.75, 3.05) is 6.54 Å². The molecule has 0 N–H and O–H groups in total. The maximum absolute atomic E-state index is 9.87. The first-order chi connectivity index (χ1) is 4.85. The van der Waals surface area contributed by atoms with Crippen LogP contribution in [0.2, 0.25) is 0 Å². The van der Waals surface area contributed by atoms with Gasteiger partial charge in [0, 0.05) is 0 Å². The third-order valence-electron chi connectivity index (χ3n) is 1.33. The predicted octanol–water partition coefficient (Wildman–Crippen LogP) is 2.89. The Balaban J connectivity index is 3.71. The van der Waals surface area contributed by atoms with E-state index in [1.54, 1.807) is 0 Å².